The van der Waals surface area contributed by atoms with Gasteiger partial charge in [-0.25, -0.2) is 0 Å². The predicted octanol–water partition coefficient (Wildman–Crippen LogP) is 3.70. The Labute approximate surface area is 174 Å². The number of benzene rings is 1. The molecule has 1 aliphatic heterocycles. The molecule has 0 N–H and O–H groups in total. The maximum Gasteiger partial charge on any atom is 0.239 e. The standard InChI is InChI=1S/C21H26N4O3S/c1-28-17-11-6-5-10-16(17)20-22-23-21(25(20)15-8-3-2-4-9-15)29-14-19(27)24-13-7-12-18(24)26/h5-6,10-11,15H,2-4,7-9,12-14H2,1H3. The van der Waals surface area contributed by atoms with Crippen molar-refractivity contribution < 1.29 is 14.3 Å². The molecule has 8 heteroatoms. The molecule has 4 rings (SSSR count). The molecule has 1 aromatic heterocycles. The lowest BCUT2D eigenvalue weighted by molar-refractivity contribution is -0.140. The zero-order valence-electron chi connectivity index (χ0n) is 16.7. The van der Waals surface area contributed by atoms with Gasteiger partial charge in [0.25, 0.3) is 0 Å². The van der Waals surface area contributed by atoms with E-state index in [1.54, 1.807) is 7.11 Å². The fourth-order valence-corrected chi connectivity index (χ4v) is 5.05. The molecule has 0 atom stereocenters. The van der Waals surface area contributed by atoms with Gasteiger partial charge in [-0.15, -0.1) is 10.2 Å². The van der Waals surface area contributed by atoms with Gasteiger partial charge in [0.2, 0.25) is 11.8 Å². The van der Waals surface area contributed by atoms with Crippen LogP contribution in [0.1, 0.15) is 51.0 Å². The molecule has 2 heterocycles. The maximum absolute atomic E-state index is 12.5. The molecule has 0 unspecified atom stereocenters. The van der Waals surface area contributed by atoms with E-state index in [2.05, 4.69) is 14.8 Å². The van der Waals surface area contributed by atoms with Gasteiger partial charge in [0.1, 0.15) is 5.75 Å². The van der Waals surface area contributed by atoms with Crippen LogP contribution in [-0.2, 0) is 9.59 Å². The molecular formula is C21H26N4O3S. The van der Waals surface area contributed by atoms with Gasteiger partial charge in [0.05, 0.1) is 18.4 Å². The van der Waals surface area contributed by atoms with Gasteiger partial charge in [0, 0.05) is 19.0 Å². The van der Waals surface area contributed by atoms with Crippen LogP contribution in [0.2, 0.25) is 0 Å². The first kappa shape index (κ1) is 19.9. The Bertz CT molecular complexity index is 892. The van der Waals surface area contributed by atoms with Crippen LogP contribution in [0.25, 0.3) is 11.4 Å². The number of rotatable bonds is 6. The van der Waals surface area contributed by atoms with Crippen molar-refractivity contribution in [2.24, 2.45) is 0 Å². The quantitative estimate of drug-likeness (QED) is 0.671. The molecule has 29 heavy (non-hydrogen) atoms. The maximum atomic E-state index is 12.5. The van der Waals surface area contributed by atoms with Crippen LogP contribution < -0.4 is 4.74 Å². The second-order valence-corrected chi connectivity index (χ2v) is 8.44. The molecule has 1 saturated heterocycles. The van der Waals surface area contributed by atoms with Crippen molar-refractivity contribution in [3.63, 3.8) is 0 Å². The summed E-state index contributed by atoms with van der Waals surface area (Å²) in [5.41, 5.74) is 0.904. The Morgan fingerprint density at radius 1 is 1.17 bits per heavy atom. The Balaban J connectivity index is 1.62. The van der Waals surface area contributed by atoms with Gasteiger partial charge in [-0.2, -0.15) is 0 Å². The van der Waals surface area contributed by atoms with Gasteiger partial charge in [-0.1, -0.05) is 43.2 Å². The molecule has 2 aliphatic rings. The summed E-state index contributed by atoms with van der Waals surface area (Å²) in [7, 11) is 1.65. The van der Waals surface area contributed by atoms with E-state index in [0.717, 1.165) is 41.6 Å². The number of amides is 2. The third-order valence-corrected chi connectivity index (χ3v) is 6.58. The van der Waals surface area contributed by atoms with E-state index in [1.807, 2.05) is 24.3 Å². The monoisotopic (exact) mass is 414 g/mol. The number of thioether (sulfide) groups is 1. The smallest absolute Gasteiger partial charge is 0.239 e. The highest BCUT2D eigenvalue weighted by molar-refractivity contribution is 7.99. The average molecular weight is 415 g/mol. The SMILES string of the molecule is COc1ccccc1-c1nnc(SCC(=O)N2CCCC2=O)n1C1CCCCC1. The number of imide groups is 1. The molecule has 7 nitrogen and oxygen atoms in total. The van der Waals surface area contributed by atoms with Crippen LogP contribution in [0.3, 0.4) is 0 Å². The minimum absolute atomic E-state index is 0.0703. The van der Waals surface area contributed by atoms with E-state index in [0.29, 0.717) is 19.0 Å². The third-order valence-electron chi connectivity index (χ3n) is 5.65. The molecule has 1 saturated carbocycles. The summed E-state index contributed by atoms with van der Waals surface area (Å²) in [5.74, 6) is 1.52. The van der Waals surface area contributed by atoms with Crippen LogP contribution in [0.4, 0.5) is 0 Å². The van der Waals surface area contributed by atoms with Crippen molar-refractivity contribution >= 4 is 23.6 Å². The van der Waals surface area contributed by atoms with Crippen molar-refractivity contribution in [1.29, 1.82) is 0 Å². The number of carbonyl (C=O) groups is 2. The Morgan fingerprint density at radius 2 is 1.97 bits per heavy atom. The third kappa shape index (κ3) is 4.17. The minimum atomic E-state index is -0.144. The van der Waals surface area contributed by atoms with E-state index in [4.69, 9.17) is 4.74 Å². The van der Waals surface area contributed by atoms with Gasteiger partial charge in [-0.3, -0.25) is 19.1 Å². The van der Waals surface area contributed by atoms with Crippen molar-refractivity contribution in [2.45, 2.75) is 56.1 Å². The highest BCUT2D eigenvalue weighted by Gasteiger charge is 2.29. The van der Waals surface area contributed by atoms with E-state index >= 15 is 0 Å². The fourth-order valence-electron chi connectivity index (χ4n) is 4.17. The second-order valence-electron chi connectivity index (χ2n) is 7.50. The lowest BCUT2D eigenvalue weighted by Crippen LogP contribution is -2.33. The normalized spacial score (nSPS) is 17.7. The average Bonchev–Trinajstić information content (AvgIpc) is 3.38. The zero-order chi connectivity index (χ0) is 20.2. The number of hydrogen-bond acceptors (Lipinski definition) is 6. The van der Waals surface area contributed by atoms with Crippen molar-refractivity contribution in [3.05, 3.63) is 24.3 Å². The number of methoxy groups -OCH3 is 1. The molecule has 2 amide bonds. The second kappa shape index (κ2) is 8.98. The van der Waals surface area contributed by atoms with Gasteiger partial charge in [0.15, 0.2) is 11.0 Å². The van der Waals surface area contributed by atoms with Crippen LogP contribution in [0, 0.1) is 0 Å². The van der Waals surface area contributed by atoms with Crippen molar-refractivity contribution in [1.82, 2.24) is 19.7 Å². The number of likely N-dealkylation sites (tertiary alicyclic amines) is 1. The van der Waals surface area contributed by atoms with Crippen molar-refractivity contribution in [3.8, 4) is 17.1 Å². The Morgan fingerprint density at radius 3 is 2.69 bits per heavy atom. The number of nitrogens with zero attached hydrogens (tertiary/aromatic N) is 4. The van der Waals surface area contributed by atoms with Gasteiger partial charge >= 0.3 is 0 Å². The molecule has 1 aromatic carbocycles. The Hall–Kier alpha value is -2.35. The van der Waals surface area contributed by atoms with Crippen LogP contribution in [0.5, 0.6) is 5.75 Å². The van der Waals surface area contributed by atoms with E-state index in [1.165, 1.54) is 35.9 Å². The highest BCUT2D eigenvalue weighted by Crippen LogP contribution is 2.38. The molecule has 0 bridgehead atoms. The lowest BCUT2D eigenvalue weighted by atomic mass is 9.95. The molecule has 1 aliphatic carbocycles. The molecule has 2 aromatic rings. The van der Waals surface area contributed by atoms with E-state index < -0.39 is 0 Å². The van der Waals surface area contributed by atoms with Gasteiger partial charge in [-0.05, 0) is 31.4 Å². The summed E-state index contributed by atoms with van der Waals surface area (Å²) in [6, 6.07) is 8.12. The number of aromatic nitrogens is 3. The van der Waals surface area contributed by atoms with E-state index in [-0.39, 0.29) is 17.6 Å². The Kier molecular flexibility index (Phi) is 6.18. The number of para-hydroxylation sites is 1. The topological polar surface area (TPSA) is 77.3 Å². The molecule has 0 spiro atoms. The first-order chi connectivity index (χ1) is 14.2. The van der Waals surface area contributed by atoms with Crippen LogP contribution in [-0.4, -0.2) is 50.9 Å². The summed E-state index contributed by atoms with van der Waals surface area (Å²) in [4.78, 5) is 25.7. The van der Waals surface area contributed by atoms with E-state index in [9.17, 15) is 9.59 Å². The predicted molar refractivity (Wildman–Crippen MR) is 111 cm³/mol. The van der Waals surface area contributed by atoms with Crippen LogP contribution >= 0.6 is 11.8 Å². The molecule has 154 valence electrons. The molecular weight excluding hydrogens is 388 g/mol. The minimum Gasteiger partial charge on any atom is -0.496 e. The fraction of sp³-hybridized carbons (Fsp3) is 0.524. The summed E-state index contributed by atoms with van der Waals surface area (Å²) >= 11 is 1.37. The summed E-state index contributed by atoms with van der Waals surface area (Å²) in [6.07, 6.45) is 6.98. The largest absolute Gasteiger partial charge is 0.496 e. The first-order valence-corrected chi connectivity index (χ1v) is 11.2. The number of ether oxygens (including phenoxy) is 1. The summed E-state index contributed by atoms with van der Waals surface area (Å²) in [5, 5.41) is 9.64. The van der Waals surface area contributed by atoms with Crippen molar-refractivity contribution in [2.75, 3.05) is 19.4 Å². The lowest BCUT2D eigenvalue weighted by Gasteiger charge is -2.26. The number of hydrogen-bond donors (Lipinski definition) is 0. The molecule has 0 radical (unpaired) electrons. The van der Waals surface area contributed by atoms with Gasteiger partial charge < -0.3 is 4.74 Å². The first-order valence-electron chi connectivity index (χ1n) is 10.2. The highest BCUT2D eigenvalue weighted by atomic mass is 32.2. The molecule has 2 fully saturated rings. The summed E-state index contributed by atoms with van der Waals surface area (Å²) < 4.78 is 7.72. The summed E-state index contributed by atoms with van der Waals surface area (Å²) in [6.45, 7) is 0.528. The van der Waals surface area contributed by atoms with Crippen LogP contribution in [0.15, 0.2) is 29.4 Å². The number of carbonyl (C=O) groups excluding carboxylic acids is 2. The zero-order valence-corrected chi connectivity index (χ0v) is 17.5.